The Morgan fingerprint density at radius 3 is 2.41 bits per heavy atom. The number of benzene rings is 2. The average molecular weight is 363 g/mol. The van der Waals surface area contributed by atoms with Crippen molar-refractivity contribution in [3.63, 3.8) is 0 Å². The molecule has 4 heteroatoms. The number of Topliss-reactive ketones (excluding diaryl/α,β-unsaturated/α-hetero) is 1. The van der Waals surface area contributed by atoms with E-state index in [9.17, 15) is 10.1 Å². The SMILES string of the molecule is COc1cc(C#N)c(C(=O)C2CCCCCC2)cc1OCc1ccccc1. The first-order chi connectivity index (χ1) is 13.2. The van der Waals surface area contributed by atoms with Gasteiger partial charge in [-0.15, -0.1) is 0 Å². The Bertz CT molecular complexity index is 816. The molecule has 0 heterocycles. The van der Waals surface area contributed by atoms with Gasteiger partial charge in [0.15, 0.2) is 17.3 Å². The fourth-order valence-corrected chi connectivity index (χ4v) is 3.63. The lowest BCUT2D eigenvalue weighted by Crippen LogP contribution is -2.16. The number of methoxy groups -OCH3 is 1. The number of ketones is 1. The van der Waals surface area contributed by atoms with Crippen molar-refractivity contribution in [1.29, 1.82) is 5.26 Å². The molecule has 0 atom stereocenters. The largest absolute Gasteiger partial charge is 0.493 e. The number of nitrogens with zero attached hydrogens (tertiary/aromatic N) is 1. The number of hydrogen-bond donors (Lipinski definition) is 0. The molecule has 0 radical (unpaired) electrons. The van der Waals surface area contributed by atoms with Crippen molar-refractivity contribution in [2.24, 2.45) is 5.92 Å². The molecule has 2 aromatic carbocycles. The van der Waals surface area contributed by atoms with Crippen LogP contribution in [0.2, 0.25) is 0 Å². The first-order valence-corrected chi connectivity index (χ1v) is 9.56. The van der Waals surface area contributed by atoms with Gasteiger partial charge in [0.05, 0.1) is 12.7 Å². The van der Waals surface area contributed by atoms with Crippen LogP contribution in [0.3, 0.4) is 0 Å². The quantitative estimate of drug-likeness (QED) is 0.516. The molecule has 1 aliphatic carbocycles. The molecule has 140 valence electrons. The second kappa shape index (κ2) is 9.23. The second-order valence-electron chi connectivity index (χ2n) is 6.99. The molecule has 4 nitrogen and oxygen atoms in total. The van der Waals surface area contributed by atoms with Gasteiger partial charge in [-0.2, -0.15) is 5.26 Å². The molecular formula is C23H25NO3. The molecule has 0 N–H and O–H groups in total. The molecule has 27 heavy (non-hydrogen) atoms. The summed E-state index contributed by atoms with van der Waals surface area (Å²) in [5, 5.41) is 9.54. The van der Waals surface area contributed by atoms with Gasteiger partial charge >= 0.3 is 0 Å². The van der Waals surface area contributed by atoms with Crippen LogP contribution in [0.5, 0.6) is 11.5 Å². The summed E-state index contributed by atoms with van der Waals surface area (Å²) in [4.78, 5) is 13.1. The van der Waals surface area contributed by atoms with Crippen LogP contribution in [0, 0.1) is 17.2 Å². The number of hydrogen-bond acceptors (Lipinski definition) is 4. The van der Waals surface area contributed by atoms with Gasteiger partial charge in [0.2, 0.25) is 0 Å². The summed E-state index contributed by atoms with van der Waals surface area (Å²) in [6.45, 7) is 0.375. The van der Waals surface area contributed by atoms with E-state index in [0.29, 0.717) is 29.2 Å². The van der Waals surface area contributed by atoms with Crippen LogP contribution >= 0.6 is 0 Å². The highest BCUT2D eigenvalue weighted by Crippen LogP contribution is 2.34. The third-order valence-electron chi connectivity index (χ3n) is 5.15. The molecule has 0 unspecified atom stereocenters. The standard InChI is InChI=1S/C23H25NO3/c1-26-21-13-19(15-24)20(23(25)18-11-7-2-3-8-12-18)14-22(21)27-16-17-9-5-4-6-10-17/h4-6,9-10,13-14,18H,2-3,7-8,11-12,16H2,1H3. The summed E-state index contributed by atoms with van der Waals surface area (Å²) >= 11 is 0. The fraction of sp³-hybridized carbons (Fsp3) is 0.391. The molecule has 3 rings (SSSR count). The van der Waals surface area contributed by atoms with E-state index in [0.717, 1.165) is 31.2 Å². The molecule has 2 aromatic rings. The highest BCUT2D eigenvalue weighted by Gasteiger charge is 2.25. The Morgan fingerprint density at radius 1 is 1.07 bits per heavy atom. The van der Waals surface area contributed by atoms with Crippen molar-refractivity contribution in [1.82, 2.24) is 0 Å². The number of ether oxygens (including phenoxy) is 2. The minimum Gasteiger partial charge on any atom is -0.493 e. The van der Waals surface area contributed by atoms with Crippen molar-refractivity contribution < 1.29 is 14.3 Å². The third kappa shape index (κ3) is 4.68. The Kier molecular flexibility index (Phi) is 6.49. The lowest BCUT2D eigenvalue weighted by molar-refractivity contribution is 0.0907. The van der Waals surface area contributed by atoms with Gasteiger partial charge in [0.1, 0.15) is 12.7 Å². The number of nitriles is 1. The Balaban J connectivity index is 1.88. The van der Waals surface area contributed by atoms with Crippen LogP contribution in [0.4, 0.5) is 0 Å². The van der Waals surface area contributed by atoms with Crippen molar-refractivity contribution in [2.45, 2.75) is 45.1 Å². The summed E-state index contributed by atoms with van der Waals surface area (Å²) in [7, 11) is 1.54. The van der Waals surface area contributed by atoms with Crippen LogP contribution in [0.1, 0.15) is 60.0 Å². The van der Waals surface area contributed by atoms with Crippen LogP contribution in [0.15, 0.2) is 42.5 Å². The van der Waals surface area contributed by atoms with E-state index in [4.69, 9.17) is 9.47 Å². The highest BCUT2D eigenvalue weighted by molar-refractivity contribution is 6.00. The smallest absolute Gasteiger partial charge is 0.167 e. The maximum absolute atomic E-state index is 13.1. The topological polar surface area (TPSA) is 59.3 Å². The van der Waals surface area contributed by atoms with E-state index < -0.39 is 0 Å². The summed E-state index contributed by atoms with van der Waals surface area (Å²) in [6, 6.07) is 15.3. The van der Waals surface area contributed by atoms with Crippen LogP contribution in [0.25, 0.3) is 0 Å². The third-order valence-corrected chi connectivity index (χ3v) is 5.15. The van der Waals surface area contributed by atoms with Gasteiger partial charge < -0.3 is 9.47 Å². The molecule has 0 spiro atoms. The molecule has 1 saturated carbocycles. The van der Waals surface area contributed by atoms with E-state index in [-0.39, 0.29) is 11.7 Å². The van der Waals surface area contributed by atoms with Crippen molar-refractivity contribution >= 4 is 5.78 Å². The van der Waals surface area contributed by atoms with Crippen molar-refractivity contribution in [3.05, 3.63) is 59.2 Å². The molecule has 0 bridgehead atoms. The molecule has 0 saturated heterocycles. The summed E-state index contributed by atoms with van der Waals surface area (Å²) in [5.41, 5.74) is 1.84. The lowest BCUT2D eigenvalue weighted by atomic mass is 9.89. The number of carbonyl (C=O) groups is 1. The molecule has 1 aliphatic rings. The summed E-state index contributed by atoms with van der Waals surface area (Å²) < 4.78 is 11.3. The zero-order valence-corrected chi connectivity index (χ0v) is 15.7. The van der Waals surface area contributed by atoms with Gasteiger partial charge in [-0.3, -0.25) is 4.79 Å². The predicted molar refractivity (Wildman–Crippen MR) is 104 cm³/mol. The predicted octanol–water partition coefficient (Wildman–Crippen LogP) is 5.30. The fourth-order valence-electron chi connectivity index (χ4n) is 3.63. The molecule has 0 amide bonds. The second-order valence-corrected chi connectivity index (χ2v) is 6.99. The van der Waals surface area contributed by atoms with Gasteiger partial charge in [0.25, 0.3) is 0 Å². The maximum Gasteiger partial charge on any atom is 0.167 e. The lowest BCUT2D eigenvalue weighted by Gasteiger charge is -2.17. The number of carbonyl (C=O) groups excluding carboxylic acids is 1. The zero-order valence-electron chi connectivity index (χ0n) is 15.7. The first kappa shape index (κ1) is 19.0. The Morgan fingerprint density at radius 2 is 1.78 bits per heavy atom. The zero-order chi connectivity index (χ0) is 19.1. The summed E-state index contributed by atoms with van der Waals surface area (Å²) in [6.07, 6.45) is 6.31. The van der Waals surface area contributed by atoms with Gasteiger partial charge in [-0.25, -0.2) is 0 Å². The molecular weight excluding hydrogens is 338 g/mol. The normalized spacial score (nSPS) is 14.8. The monoisotopic (exact) mass is 363 g/mol. The van der Waals surface area contributed by atoms with E-state index >= 15 is 0 Å². The molecule has 0 aliphatic heterocycles. The van der Waals surface area contributed by atoms with E-state index in [1.807, 2.05) is 30.3 Å². The average Bonchev–Trinajstić information content (AvgIpc) is 3.01. The minimum atomic E-state index is -0.00466. The van der Waals surface area contributed by atoms with Gasteiger partial charge in [0, 0.05) is 17.5 Å². The number of rotatable bonds is 6. The molecule has 1 fully saturated rings. The summed E-state index contributed by atoms with van der Waals surface area (Å²) in [5.74, 6) is 1.02. The highest BCUT2D eigenvalue weighted by atomic mass is 16.5. The molecule has 0 aromatic heterocycles. The van der Waals surface area contributed by atoms with E-state index in [1.54, 1.807) is 19.2 Å². The van der Waals surface area contributed by atoms with Crippen LogP contribution in [-0.2, 0) is 6.61 Å². The van der Waals surface area contributed by atoms with Gasteiger partial charge in [-0.1, -0.05) is 56.0 Å². The van der Waals surface area contributed by atoms with Crippen LogP contribution < -0.4 is 9.47 Å². The Labute approximate surface area is 160 Å². The first-order valence-electron chi connectivity index (χ1n) is 9.56. The van der Waals surface area contributed by atoms with Crippen molar-refractivity contribution in [2.75, 3.05) is 7.11 Å². The minimum absolute atomic E-state index is 0.00466. The van der Waals surface area contributed by atoms with E-state index in [1.165, 1.54) is 12.8 Å². The van der Waals surface area contributed by atoms with Gasteiger partial charge in [-0.05, 0) is 24.5 Å². The van der Waals surface area contributed by atoms with E-state index in [2.05, 4.69) is 6.07 Å². The Hall–Kier alpha value is -2.80. The maximum atomic E-state index is 13.1. The van der Waals surface area contributed by atoms with Crippen molar-refractivity contribution in [3.8, 4) is 17.6 Å². The van der Waals surface area contributed by atoms with Crippen LogP contribution in [-0.4, -0.2) is 12.9 Å².